The van der Waals surface area contributed by atoms with Crippen molar-refractivity contribution >= 4 is 23.4 Å². The molecule has 2 rings (SSSR count). The molecule has 0 aliphatic carbocycles. The summed E-state index contributed by atoms with van der Waals surface area (Å²) in [5.74, 6) is -0.0290. The molecule has 0 spiro atoms. The third-order valence-corrected chi connectivity index (χ3v) is 4.19. The summed E-state index contributed by atoms with van der Waals surface area (Å²) in [6, 6.07) is 17.2. The van der Waals surface area contributed by atoms with E-state index in [4.69, 9.17) is 11.6 Å². The number of halogens is 1. The molecule has 0 bridgehead atoms. The van der Waals surface area contributed by atoms with E-state index in [2.05, 4.69) is 5.32 Å². The molecule has 0 fully saturated rings. The van der Waals surface area contributed by atoms with Gasteiger partial charge in [0, 0.05) is 31.6 Å². The molecule has 5 heteroatoms. The van der Waals surface area contributed by atoms with E-state index in [9.17, 15) is 9.59 Å². The smallest absolute Gasteiger partial charge is 0.224 e. The Kier molecular flexibility index (Phi) is 7.48. The number of carbonyl (C=O) groups is 2. The Labute approximate surface area is 153 Å². The van der Waals surface area contributed by atoms with Crippen LogP contribution in [0.2, 0.25) is 5.02 Å². The van der Waals surface area contributed by atoms with Gasteiger partial charge in [0.1, 0.15) is 0 Å². The largest absolute Gasteiger partial charge is 0.354 e. The zero-order valence-corrected chi connectivity index (χ0v) is 15.1. The van der Waals surface area contributed by atoms with E-state index in [1.807, 2.05) is 54.6 Å². The third kappa shape index (κ3) is 6.98. The van der Waals surface area contributed by atoms with Crippen LogP contribution >= 0.6 is 11.6 Å². The molecule has 0 heterocycles. The molecule has 0 aromatic heterocycles. The van der Waals surface area contributed by atoms with Crippen molar-refractivity contribution in [3.05, 3.63) is 70.7 Å². The SMILES string of the molecule is CC(=O)N(CCNC(=O)Cc1ccccc1)CCc1ccc(Cl)cc1. The fourth-order valence-corrected chi connectivity index (χ4v) is 2.64. The van der Waals surface area contributed by atoms with Crippen molar-refractivity contribution < 1.29 is 9.59 Å². The zero-order chi connectivity index (χ0) is 18.1. The van der Waals surface area contributed by atoms with Gasteiger partial charge in [-0.3, -0.25) is 9.59 Å². The maximum atomic E-state index is 11.9. The van der Waals surface area contributed by atoms with Crippen molar-refractivity contribution in [2.24, 2.45) is 0 Å². The van der Waals surface area contributed by atoms with E-state index in [1.165, 1.54) is 0 Å². The fourth-order valence-electron chi connectivity index (χ4n) is 2.52. The molecular weight excluding hydrogens is 336 g/mol. The average molecular weight is 359 g/mol. The summed E-state index contributed by atoms with van der Waals surface area (Å²) in [7, 11) is 0. The number of nitrogens with one attached hydrogen (secondary N) is 1. The molecule has 0 aliphatic heterocycles. The van der Waals surface area contributed by atoms with Crippen molar-refractivity contribution in [2.45, 2.75) is 19.8 Å². The molecule has 2 aromatic carbocycles. The van der Waals surface area contributed by atoms with Gasteiger partial charge in [-0.2, -0.15) is 0 Å². The van der Waals surface area contributed by atoms with Crippen LogP contribution in [0.3, 0.4) is 0 Å². The highest BCUT2D eigenvalue weighted by atomic mass is 35.5. The standard InChI is InChI=1S/C20H23ClN2O2/c1-16(24)23(13-11-17-7-9-19(21)10-8-17)14-12-22-20(25)15-18-5-3-2-4-6-18/h2-10H,11-15H2,1H3,(H,22,25). The Balaban J connectivity index is 1.74. The Hall–Kier alpha value is -2.33. The molecule has 4 nitrogen and oxygen atoms in total. The summed E-state index contributed by atoms with van der Waals surface area (Å²) in [6.45, 7) is 3.12. The van der Waals surface area contributed by atoms with Gasteiger partial charge in [0.2, 0.25) is 11.8 Å². The highest BCUT2D eigenvalue weighted by molar-refractivity contribution is 6.30. The molecular formula is C20H23ClN2O2. The summed E-state index contributed by atoms with van der Waals surface area (Å²) in [6.07, 6.45) is 1.11. The van der Waals surface area contributed by atoms with Gasteiger partial charge in [-0.1, -0.05) is 54.1 Å². The monoisotopic (exact) mass is 358 g/mol. The normalized spacial score (nSPS) is 10.3. The first-order valence-corrected chi connectivity index (χ1v) is 8.73. The average Bonchev–Trinajstić information content (AvgIpc) is 2.60. The van der Waals surface area contributed by atoms with Crippen molar-refractivity contribution in [2.75, 3.05) is 19.6 Å². The van der Waals surface area contributed by atoms with Crippen LogP contribution < -0.4 is 5.32 Å². The summed E-state index contributed by atoms with van der Waals surface area (Å²) < 4.78 is 0. The second-order valence-electron chi connectivity index (χ2n) is 5.89. The lowest BCUT2D eigenvalue weighted by atomic mass is 10.1. The van der Waals surface area contributed by atoms with Gasteiger partial charge in [-0.25, -0.2) is 0 Å². The number of amides is 2. The van der Waals surface area contributed by atoms with Crippen LogP contribution in [0.15, 0.2) is 54.6 Å². The quantitative estimate of drug-likeness (QED) is 0.788. The first kappa shape index (κ1) is 19.0. The minimum absolute atomic E-state index is 0.00581. The van der Waals surface area contributed by atoms with E-state index >= 15 is 0 Å². The molecule has 0 radical (unpaired) electrons. The van der Waals surface area contributed by atoms with Crippen LogP contribution in [0.5, 0.6) is 0 Å². The van der Waals surface area contributed by atoms with Gasteiger partial charge in [-0.15, -0.1) is 0 Å². The number of hydrogen-bond acceptors (Lipinski definition) is 2. The molecule has 0 saturated heterocycles. The second kappa shape index (κ2) is 9.84. The van der Waals surface area contributed by atoms with Crippen molar-refractivity contribution in [1.29, 1.82) is 0 Å². The topological polar surface area (TPSA) is 49.4 Å². The van der Waals surface area contributed by atoms with Crippen LogP contribution in [0.1, 0.15) is 18.1 Å². The molecule has 2 aromatic rings. The van der Waals surface area contributed by atoms with Gasteiger partial charge in [0.05, 0.1) is 6.42 Å². The van der Waals surface area contributed by atoms with Crippen LogP contribution in [0.25, 0.3) is 0 Å². The summed E-state index contributed by atoms with van der Waals surface area (Å²) in [5.41, 5.74) is 2.11. The minimum Gasteiger partial charge on any atom is -0.354 e. The van der Waals surface area contributed by atoms with Crippen molar-refractivity contribution in [1.82, 2.24) is 10.2 Å². The van der Waals surface area contributed by atoms with E-state index in [0.717, 1.165) is 17.5 Å². The van der Waals surface area contributed by atoms with E-state index in [-0.39, 0.29) is 11.8 Å². The molecule has 0 atom stereocenters. The molecule has 0 saturated carbocycles. The highest BCUT2D eigenvalue weighted by Gasteiger charge is 2.10. The Morgan fingerprint density at radius 3 is 2.28 bits per heavy atom. The number of hydrogen-bond donors (Lipinski definition) is 1. The van der Waals surface area contributed by atoms with Crippen LogP contribution in [-0.4, -0.2) is 36.3 Å². The Morgan fingerprint density at radius 2 is 1.64 bits per heavy atom. The molecule has 0 unspecified atom stereocenters. The highest BCUT2D eigenvalue weighted by Crippen LogP contribution is 2.10. The number of benzene rings is 2. The second-order valence-corrected chi connectivity index (χ2v) is 6.33. The number of rotatable bonds is 8. The van der Waals surface area contributed by atoms with Crippen LogP contribution in [0.4, 0.5) is 0 Å². The molecule has 2 amide bonds. The molecule has 1 N–H and O–H groups in total. The first-order chi connectivity index (χ1) is 12.0. The molecule has 132 valence electrons. The van der Waals surface area contributed by atoms with Gasteiger partial charge in [0.25, 0.3) is 0 Å². The maximum Gasteiger partial charge on any atom is 0.224 e. The Bertz CT molecular complexity index is 687. The third-order valence-electron chi connectivity index (χ3n) is 3.94. The lowest BCUT2D eigenvalue weighted by Gasteiger charge is -2.21. The van der Waals surface area contributed by atoms with Gasteiger partial charge in [0.15, 0.2) is 0 Å². The predicted molar refractivity (Wildman–Crippen MR) is 101 cm³/mol. The number of nitrogens with zero attached hydrogens (tertiary/aromatic N) is 1. The summed E-state index contributed by atoms with van der Waals surface area (Å²) in [4.78, 5) is 25.5. The Morgan fingerprint density at radius 1 is 0.960 bits per heavy atom. The van der Waals surface area contributed by atoms with Crippen molar-refractivity contribution in [3.8, 4) is 0 Å². The summed E-state index contributed by atoms with van der Waals surface area (Å²) >= 11 is 5.88. The van der Waals surface area contributed by atoms with Gasteiger partial charge < -0.3 is 10.2 Å². The van der Waals surface area contributed by atoms with E-state index in [1.54, 1.807) is 11.8 Å². The van der Waals surface area contributed by atoms with Gasteiger partial charge >= 0.3 is 0 Å². The predicted octanol–water partition coefficient (Wildman–Crippen LogP) is 3.09. The lowest BCUT2D eigenvalue weighted by molar-refractivity contribution is -0.129. The fraction of sp³-hybridized carbons (Fsp3) is 0.300. The van der Waals surface area contributed by atoms with Crippen molar-refractivity contribution in [3.63, 3.8) is 0 Å². The van der Waals surface area contributed by atoms with E-state index in [0.29, 0.717) is 31.1 Å². The molecule has 0 aliphatic rings. The zero-order valence-electron chi connectivity index (χ0n) is 14.4. The summed E-state index contributed by atoms with van der Waals surface area (Å²) in [5, 5.41) is 3.57. The van der Waals surface area contributed by atoms with Gasteiger partial charge in [-0.05, 0) is 29.7 Å². The lowest BCUT2D eigenvalue weighted by Crippen LogP contribution is -2.39. The van der Waals surface area contributed by atoms with Crippen LogP contribution in [-0.2, 0) is 22.4 Å². The van der Waals surface area contributed by atoms with E-state index < -0.39 is 0 Å². The maximum absolute atomic E-state index is 11.9. The van der Waals surface area contributed by atoms with Crippen LogP contribution in [0, 0.1) is 0 Å². The minimum atomic E-state index is -0.0348. The molecule has 25 heavy (non-hydrogen) atoms. The number of carbonyl (C=O) groups excluding carboxylic acids is 2. The first-order valence-electron chi connectivity index (χ1n) is 8.35.